The minimum atomic E-state index is 0.473. The maximum Gasteiger partial charge on any atom is 0.152 e. The van der Waals surface area contributed by atoms with Crippen molar-refractivity contribution >= 4 is 25.4 Å². The van der Waals surface area contributed by atoms with Gasteiger partial charge in [0.2, 0.25) is 0 Å². The fourth-order valence-electron chi connectivity index (χ4n) is 2.40. The van der Waals surface area contributed by atoms with E-state index in [4.69, 9.17) is 4.74 Å². The summed E-state index contributed by atoms with van der Waals surface area (Å²) in [6.07, 6.45) is 3.71. The van der Waals surface area contributed by atoms with Crippen molar-refractivity contribution in [2.45, 2.75) is 31.9 Å². The second-order valence-corrected chi connectivity index (χ2v) is 5.47. The second kappa shape index (κ2) is 9.86. The van der Waals surface area contributed by atoms with Gasteiger partial charge in [-0.25, -0.2) is 0 Å². The maximum absolute atomic E-state index is 10.6. The molecule has 0 aliphatic carbocycles. The van der Waals surface area contributed by atoms with Crippen molar-refractivity contribution < 1.29 is 9.53 Å². The van der Waals surface area contributed by atoms with Crippen LogP contribution in [0.25, 0.3) is 0 Å². The molecule has 0 N–H and O–H groups in total. The van der Waals surface area contributed by atoms with Crippen LogP contribution in [-0.2, 0) is 4.74 Å². The summed E-state index contributed by atoms with van der Waals surface area (Å²) in [4.78, 5) is 13.0. The van der Waals surface area contributed by atoms with E-state index in [1.807, 2.05) is 0 Å². The zero-order chi connectivity index (χ0) is 17.2. The number of carbonyl (C=O) groups excluding carboxylic acids is 1. The van der Waals surface area contributed by atoms with Crippen LogP contribution in [0.15, 0.2) is 34.5 Å². The van der Waals surface area contributed by atoms with Gasteiger partial charge >= 0.3 is 0 Å². The molecule has 2 rings (SSSR count). The van der Waals surface area contributed by atoms with Crippen LogP contribution in [-0.4, -0.2) is 57.5 Å². The van der Waals surface area contributed by atoms with Crippen molar-refractivity contribution in [1.82, 2.24) is 4.90 Å². The number of rotatable bonds is 5. The van der Waals surface area contributed by atoms with E-state index in [9.17, 15) is 4.79 Å². The Labute approximate surface area is 138 Å². The lowest BCUT2D eigenvalue weighted by Crippen LogP contribution is -2.41. The molecule has 1 aromatic rings. The van der Waals surface area contributed by atoms with Gasteiger partial charge in [0.25, 0.3) is 0 Å². The number of hydrogen-bond donors (Lipinski definition) is 0. The summed E-state index contributed by atoms with van der Waals surface area (Å²) in [7, 11) is 3.96. The molecule has 0 saturated carbocycles. The fraction of sp³-hybridized carbons (Fsp3) is 0.471. The van der Waals surface area contributed by atoms with Gasteiger partial charge < -0.3 is 9.64 Å². The van der Waals surface area contributed by atoms with Gasteiger partial charge in [0.05, 0.1) is 11.8 Å². The molecule has 1 aromatic carbocycles. The highest BCUT2D eigenvalue weighted by Gasteiger charge is 2.21. The summed E-state index contributed by atoms with van der Waals surface area (Å²) in [6, 6.07) is 7.67. The summed E-state index contributed by atoms with van der Waals surface area (Å²) in [5, 5.41) is 8.36. The Hall–Kier alpha value is -2.05. The van der Waals surface area contributed by atoms with Gasteiger partial charge in [-0.15, -0.1) is 0 Å². The van der Waals surface area contributed by atoms with Crippen LogP contribution in [0.5, 0.6) is 0 Å². The van der Waals surface area contributed by atoms with E-state index in [0.717, 1.165) is 18.9 Å². The van der Waals surface area contributed by atoms with Crippen molar-refractivity contribution in [2.75, 3.05) is 25.8 Å². The van der Waals surface area contributed by atoms with Crippen molar-refractivity contribution in [3.05, 3.63) is 29.8 Å². The van der Waals surface area contributed by atoms with Crippen molar-refractivity contribution in [2.24, 2.45) is 10.2 Å². The largest absolute Gasteiger partial charge is 0.380 e. The summed E-state index contributed by atoms with van der Waals surface area (Å²) < 4.78 is 5.27. The number of likely N-dealkylation sites (N-methyl/N-ethyl adjacent to an activating group) is 1. The van der Waals surface area contributed by atoms with E-state index < -0.39 is 0 Å². The standard InChI is InChI=1S/C9H9N3O.C8H17NO/c1-10-12(11-2)9-6-4-3-5-8(9)7-13;1-7-4-5-8(10-3)6-9(7)2/h3-7H,1-2H2;7-8H,4-6H2,1-3H3/t;7-,8+/m.1/s1. The van der Waals surface area contributed by atoms with Crippen LogP contribution in [0, 0.1) is 0 Å². The average molecular weight is 318 g/mol. The molecule has 126 valence electrons. The molecule has 0 spiro atoms. The Morgan fingerprint density at radius 2 is 1.96 bits per heavy atom. The van der Waals surface area contributed by atoms with Crippen LogP contribution in [0.2, 0.25) is 0 Å². The predicted molar refractivity (Wildman–Crippen MR) is 95.5 cm³/mol. The van der Waals surface area contributed by atoms with E-state index in [2.05, 4.69) is 42.5 Å². The third kappa shape index (κ3) is 5.58. The molecule has 0 unspecified atom stereocenters. The number of carbonyl (C=O) groups is 1. The highest BCUT2D eigenvalue weighted by molar-refractivity contribution is 5.84. The monoisotopic (exact) mass is 318 g/mol. The molecule has 1 aliphatic heterocycles. The Bertz CT molecular complexity index is 513. The first-order chi connectivity index (χ1) is 11.1. The molecule has 1 heterocycles. The maximum atomic E-state index is 10.6. The van der Waals surface area contributed by atoms with E-state index in [1.165, 1.54) is 18.0 Å². The smallest absolute Gasteiger partial charge is 0.152 e. The number of likely N-dealkylation sites (tertiary alicyclic amines) is 1. The molecular weight excluding hydrogens is 292 g/mol. The highest BCUT2D eigenvalue weighted by Crippen LogP contribution is 2.18. The molecule has 1 saturated heterocycles. The van der Waals surface area contributed by atoms with Crippen molar-refractivity contribution in [1.29, 1.82) is 0 Å². The summed E-state index contributed by atoms with van der Waals surface area (Å²) in [5.41, 5.74) is 1.07. The highest BCUT2D eigenvalue weighted by atomic mass is 16.5. The Balaban J connectivity index is 0.000000238. The van der Waals surface area contributed by atoms with Gasteiger partial charge in [-0.05, 0) is 38.9 Å². The van der Waals surface area contributed by atoms with Gasteiger partial charge in [0.15, 0.2) is 6.29 Å². The number of piperidine rings is 1. The first-order valence-corrected chi connectivity index (χ1v) is 7.58. The van der Waals surface area contributed by atoms with E-state index in [1.54, 1.807) is 31.4 Å². The predicted octanol–water partition coefficient (Wildman–Crippen LogP) is 2.65. The number of hydrazone groups is 2. The molecule has 0 aromatic heterocycles. The first-order valence-electron chi connectivity index (χ1n) is 7.58. The molecule has 0 radical (unpaired) electrons. The fourth-order valence-corrected chi connectivity index (χ4v) is 2.40. The van der Waals surface area contributed by atoms with Crippen LogP contribution < -0.4 is 5.12 Å². The van der Waals surface area contributed by atoms with Crippen molar-refractivity contribution in [3.8, 4) is 0 Å². The van der Waals surface area contributed by atoms with Gasteiger partial charge in [-0.1, -0.05) is 12.1 Å². The Kier molecular flexibility index (Phi) is 8.15. The lowest BCUT2D eigenvalue weighted by Gasteiger charge is -2.34. The van der Waals surface area contributed by atoms with Gasteiger partial charge in [-0.2, -0.15) is 15.3 Å². The molecular formula is C17H26N4O2. The average Bonchev–Trinajstić information content (AvgIpc) is 2.59. The number of hydrogen-bond acceptors (Lipinski definition) is 6. The minimum Gasteiger partial charge on any atom is -0.380 e. The molecule has 0 amide bonds. The molecule has 1 fully saturated rings. The van der Waals surface area contributed by atoms with E-state index in [0.29, 0.717) is 17.4 Å². The van der Waals surface area contributed by atoms with Crippen LogP contribution in [0.1, 0.15) is 30.1 Å². The molecule has 23 heavy (non-hydrogen) atoms. The molecule has 0 bridgehead atoms. The normalized spacial score (nSPS) is 20.8. The van der Waals surface area contributed by atoms with Crippen LogP contribution in [0.3, 0.4) is 0 Å². The van der Waals surface area contributed by atoms with Crippen LogP contribution in [0.4, 0.5) is 5.69 Å². The first kappa shape index (κ1) is 19.0. The minimum absolute atomic E-state index is 0.473. The van der Waals surface area contributed by atoms with Crippen molar-refractivity contribution in [3.63, 3.8) is 0 Å². The zero-order valence-corrected chi connectivity index (χ0v) is 14.2. The van der Waals surface area contributed by atoms with Gasteiger partial charge in [-0.3, -0.25) is 4.79 Å². The number of para-hydroxylation sites is 1. The molecule has 2 atom stereocenters. The number of anilines is 1. The Morgan fingerprint density at radius 1 is 1.30 bits per heavy atom. The van der Waals surface area contributed by atoms with Gasteiger partial charge in [0.1, 0.15) is 0 Å². The summed E-state index contributed by atoms with van der Waals surface area (Å²) in [5.74, 6) is 0. The Morgan fingerprint density at radius 3 is 2.48 bits per heavy atom. The molecule has 6 heteroatoms. The summed E-state index contributed by atoms with van der Waals surface area (Å²) >= 11 is 0. The quantitative estimate of drug-likeness (QED) is 0.476. The van der Waals surface area contributed by atoms with E-state index in [-0.39, 0.29) is 0 Å². The zero-order valence-electron chi connectivity index (χ0n) is 14.2. The lowest BCUT2D eigenvalue weighted by molar-refractivity contribution is 0.0212. The number of ether oxygens (including phenoxy) is 1. The van der Waals surface area contributed by atoms with E-state index >= 15 is 0 Å². The number of methoxy groups -OCH3 is 1. The molecule has 6 nitrogen and oxygen atoms in total. The third-order valence-electron chi connectivity index (χ3n) is 4.03. The second-order valence-electron chi connectivity index (χ2n) is 5.47. The lowest BCUT2D eigenvalue weighted by atomic mass is 10.0. The third-order valence-corrected chi connectivity index (χ3v) is 4.03. The van der Waals surface area contributed by atoms with Crippen LogP contribution >= 0.6 is 0 Å². The topological polar surface area (TPSA) is 57.5 Å². The number of benzene rings is 1. The SMILES string of the molecule is C=NN(N=C)c1ccccc1C=O.CO[C@H]1CC[C@@H](C)N(C)C1. The number of nitrogens with zero attached hydrogens (tertiary/aromatic N) is 4. The molecule has 1 aliphatic rings. The van der Waals surface area contributed by atoms with Gasteiger partial charge in [0, 0.05) is 38.7 Å². The summed E-state index contributed by atoms with van der Waals surface area (Å²) in [6.45, 7) is 9.98. The number of aldehydes is 1.